The maximum Gasteiger partial charge on any atom is 0.254 e. The van der Waals surface area contributed by atoms with Crippen molar-refractivity contribution in [3.05, 3.63) is 65.5 Å². The topological polar surface area (TPSA) is 45.2 Å². The van der Waals surface area contributed by atoms with E-state index in [0.717, 1.165) is 29.8 Å². The smallest absolute Gasteiger partial charge is 0.254 e. The van der Waals surface area contributed by atoms with Gasteiger partial charge in [0.25, 0.3) is 5.91 Å². The molecule has 1 aromatic heterocycles. The van der Waals surface area contributed by atoms with Gasteiger partial charge in [-0.25, -0.2) is 0 Å². The van der Waals surface area contributed by atoms with E-state index in [2.05, 4.69) is 10.3 Å². The van der Waals surface area contributed by atoms with Crippen LogP contribution >= 0.6 is 0 Å². The first kappa shape index (κ1) is 13.8. The van der Waals surface area contributed by atoms with Crippen LogP contribution in [0.3, 0.4) is 0 Å². The molecule has 1 aromatic carbocycles. The molecule has 108 valence electrons. The second-order valence-electron chi connectivity index (χ2n) is 5.32. The lowest BCUT2D eigenvalue weighted by Gasteiger charge is -2.36. The van der Waals surface area contributed by atoms with Gasteiger partial charge in [0.05, 0.1) is 6.04 Å². The molecule has 3 rings (SSSR count). The number of nitrogens with one attached hydrogen (secondary N) is 1. The van der Waals surface area contributed by atoms with Crippen molar-refractivity contribution in [1.82, 2.24) is 15.2 Å². The predicted octanol–water partition coefficient (Wildman–Crippen LogP) is 2.18. The summed E-state index contributed by atoms with van der Waals surface area (Å²) in [6.45, 7) is 4.29. The van der Waals surface area contributed by atoms with Crippen molar-refractivity contribution in [2.24, 2.45) is 0 Å². The van der Waals surface area contributed by atoms with Crippen LogP contribution in [0.5, 0.6) is 0 Å². The molecule has 1 aliphatic rings. The van der Waals surface area contributed by atoms with E-state index in [9.17, 15) is 4.79 Å². The molecule has 1 atom stereocenters. The molecule has 4 heteroatoms. The van der Waals surface area contributed by atoms with E-state index in [0.29, 0.717) is 6.54 Å². The molecule has 2 aromatic rings. The van der Waals surface area contributed by atoms with Gasteiger partial charge in [-0.2, -0.15) is 0 Å². The molecule has 1 N–H and O–H groups in total. The van der Waals surface area contributed by atoms with E-state index in [1.165, 1.54) is 0 Å². The number of aromatic nitrogens is 1. The standard InChI is InChI=1S/C17H19N3O/c1-13-5-2-3-7-15(13)17(21)20-10-9-19-12-16(20)14-6-4-8-18-11-14/h2-8,11,16,19H,9-10,12H2,1H3. The molecule has 0 aliphatic carbocycles. The van der Waals surface area contributed by atoms with E-state index in [1.54, 1.807) is 6.20 Å². The molecule has 1 unspecified atom stereocenters. The van der Waals surface area contributed by atoms with Crippen LogP contribution in [-0.2, 0) is 0 Å². The SMILES string of the molecule is Cc1ccccc1C(=O)N1CCNCC1c1cccnc1. The molecule has 2 heterocycles. The molecule has 0 spiro atoms. The largest absolute Gasteiger partial charge is 0.329 e. The molecule has 1 aliphatic heterocycles. The van der Waals surface area contributed by atoms with Crippen molar-refractivity contribution in [1.29, 1.82) is 0 Å². The highest BCUT2D eigenvalue weighted by molar-refractivity contribution is 5.96. The van der Waals surface area contributed by atoms with Gasteiger partial charge in [0.15, 0.2) is 0 Å². The zero-order chi connectivity index (χ0) is 14.7. The van der Waals surface area contributed by atoms with Crippen LogP contribution in [0.2, 0.25) is 0 Å². The Morgan fingerprint density at radius 1 is 1.29 bits per heavy atom. The number of hydrogen-bond acceptors (Lipinski definition) is 3. The first-order chi connectivity index (χ1) is 10.3. The van der Waals surface area contributed by atoms with E-state index in [-0.39, 0.29) is 11.9 Å². The number of nitrogens with zero attached hydrogens (tertiary/aromatic N) is 2. The first-order valence-corrected chi connectivity index (χ1v) is 7.24. The third-order valence-corrected chi connectivity index (χ3v) is 3.95. The van der Waals surface area contributed by atoms with E-state index in [1.807, 2.05) is 54.4 Å². The zero-order valence-corrected chi connectivity index (χ0v) is 12.1. The van der Waals surface area contributed by atoms with Crippen molar-refractivity contribution >= 4 is 5.91 Å². The summed E-state index contributed by atoms with van der Waals surface area (Å²) in [6, 6.07) is 11.8. The Morgan fingerprint density at radius 2 is 2.14 bits per heavy atom. The van der Waals surface area contributed by atoms with Crippen LogP contribution in [-0.4, -0.2) is 35.4 Å². The van der Waals surface area contributed by atoms with Crippen LogP contribution in [0.25, 0.3) is 0 Å². The van der Waals surface area contributed by atoms with Gasteiger partial charge in [-0.3, -0.25) is 9.78 Å². The molecular formula is C17H19N3O. The fourth-order valence-corrected chi connectivity index (χ4v) is 2.79. The monoisotopic (exact) mass is 281 g/mol. The van der Waals surface area contributed by atoms with E-state index < -0.39 is 0 Å². The minimum atomic E-state index is 0.0413. The van der Waals surface area contributed by atoms with Crippen molar-refractivity contribution < 1.29 is 4.79 Å². The van der Waals surface area contributed by atoms with Crippen molar-refractivity contribution in [2.45, 2.75) is 13.0 Å². The second kappa shape index (κ2) is 6.06. The third-order valence-electron chi connectivity index (χ3n) is 3.95. The highest BCUT2D eigenvalue weighted by atomic mass is 16.2. The molecule has 0 saturated carbocycles. The second-order valence-corrected chi connectivity index (χ2v) is 5.32. The summed E-state index contributed by atoms with van der Waals surface area (Å²) in [5, 5.41) is 3.36. The van der Waals surface area contributed by atoms with Crippen molar-refractivity contribution in [3.8, 4) is 0 Å². The number of amides is 1. The van der Waals surface area contributed by atoms with Crippen LogP contribution in [0, 0.1) is 6.92 Å². The number of aryl methyl sites for hydroxylation is 1. The minimum absolute atomic E-state index is 0.0413. The fourth-order valence-electron chi connectivity index (χ4n) is 2.79. The number of hydrogen-bond donors (Lipinski definition) is 1. The molecule has 1 fully saturated rings. The van der Waals surface area contributed by atoms with Crippen LogP contribution in [0.4, 0.5) is 0 Å². The summed E-state index contributed by atoms with van der Waals surface area (Å²) >= 11 is 0. The van der Waals surface area contributed by atoms with Crippen LogP contribution in [0.1, 0.15) is 27.5 Å². The molecule has 4 nitrogen and oxygen atoms in total. The average Bonchev–Trinajstić information content (AvgIpc) is 2.55. The summed E-state index contributed by atoms with van der Waals surface area (Å²) < 4.78 is 0. The van der Waals surface area contributed by atoms with Gasteiger partial charge >= 0.3 is 0 Å². The van der Waals surface area contributed by atoms with Crippen LogP contribution < -0.4 is 5.32 Å². The zero-order valence-electron chi connectivity index (χ0n) is 12.1. The Morgan fingerprint density at radius 3 is 2.90 bits per heavy atom. The molecule has 1 saturated heterocycles. The van der Waals surface area contributed by atoms with E-state index >= 15 is 0 Å². The fraction of sp³-hybridized carbons (Fsp3) is 0.294. The highest BCUT2D eigenvalue weighted by Crippen LogP contribution is 2.24. The number of piperazine rings is 1. The van der Waals surface area contributed by atoms with Gasteiger partial charge in [-0.05, 0) is 30.2 Å². The lowest BCUT2D eigenvalue weighted by molar-refractivity contribution is 0.0633. The lowest BCUT2D eigenvalue weighted by Crippen LogP contribution is -2.48. The summed E-state index contributed by atoms with van der Waals surface area (Å²) in [5.74, 6) is 0.100. The van der Waals surface area contributed by atoms with Gasteiger partial charge in [0.2, 0.25) is 0 Å². The van der Waals surface area contributed by atoms with E-state index in [4.69, 9.17) is 0 Å². The van der Waals surface area contributed by atoms with Crippen LogP contribution in [0.15, 0.2) is 48.8 Å². The van der Waals surface area contributed by atoms with Gasteiger partial charge in [-0.1, -0.05) is 24.3 Å². The molecular weight excluding hydrogens is 262 g/mol. The van der Waals surface area contributed by atoms with Crippen molar-refractivity contribution in [2.75, 3.05) is 19.6 Å². The van der Waals surface area contributed by atoms with Gasteiger partial charge in [0.1, 0.15) is 0 Å². The lowest BCUT2D eigenvalue weighted by atomic mass is 10.0. The maximum absolute atomic E-state index is 12.9. The van der Waals surface area contributed by atoms with Gasteiger partial charge < -0.3 is 10.2 Å². The maximum atomic E-state index is 12.9. The summed E-state index contributed by atoms with van der Waals surface area (Å²) in [4.78, 5) is 19.0. The first-order valence-electron chi connectivity index (χ1n) is 7.24. The average molecular weight is 281 g/mol. The molecule has 0 radical (unpaired) electrons. The molecule has 21 heavy (non-hydrogen) atoms. The number of rotatable bonds is 2. The Balaban J connectivity index is 1.91. The van der Waals surface area contributed by atoms with Crippen molar-refractivity contribution in [3.63, 3.8) is 0 Å². The highest BCUT2D eigenvalue weighted by Gasteiger charge is 2.29. The normalized spacial score (nSPS) is 18.5. The third kappa shape index (κ3) is 2.81. The number of carbonyl (C=O) groups is 1. The molecule has 0 bridgehead atoms. The summed E-state index contributed by atoms with van der Waals surface area (Å²) in [7, 11) is 0. The summed E-state index contributed by atoms with van der Waals surface area (Å²) in [5.41, 5.74) is 2.88. The van der Waals surface area contributed by atoms with Gasteiger partial charge in [0, 0.05) is 37.6 Å². The molecule has 1 amide bonds. The summed E-state index contributed by atoms with van der Waals surface area (Å²) in [6.07, 6.45) is 3.60. The van der Waals surface area contributed by atoms with Gasteiger partial charge in [-0.15, -0.1) is 0 Å². The number of pyridine rings is 1. The Bertz CT molecular complexity index is 627. The Hall–Kier alpha value is -2.20. The predicted molar refractivity (Wildman–Crippen MR) is 82.1 cm³/mol. The Labute approximate surface area is 124 Å². The number of benzene rings is 1. The number of carbonyl (C=O) groups excluding carboxylic acids is 1. The Kier molecular flexibility index (Phi) is 3.97. The quantitative estimate of drug-likeness (QED) is 0.917. The minimum Gasteiger partial charge on any atom is -0.329 e.